The second-order valence-electron chi connectivity index (χ2n) is 3.92. The summed E-state index contributed by atoms with van der Waals surface area (Å²) < 4.78 is 20.2. The van der Waals surface area contributed by atoms with Gasteiger partial charge in [0.25, 0.3) is 0 Å². The molecule has 0 aliphatic carbocycles. The van der Waals surface area contributed by atoms with Crippen molar-refractivity contribution >= 4 is 28.5 Å². The maximum Gasteiger partial charge on any atom is 0.234 e. The minimum absolute atomic E-state index is 0.00761. The van der Waals surface area contributed by atoms with Gasteiger partial charge in [0.2, 0.25) is 11.3 Å². The van der Waals surface area contributed by atoms with E-state index in [1.54, 1.807) is 4.52 Å². The van der Waals surface area contributed by atoms with Crippen LogP contribution in [0.1, 0.15) is 24.4 Å². The molecule has 100 valence electrons. The largest absolute Gasteiger partial charge is 0.294 e. The zero-order valence-electron chi connectivity index (χ0n) is 10.2. The Morgan fingerprint density at radius 1 is 1.61 bits per heavy atom. The van der Waals surface area contributed by atoms with Crippen LogP contribution < -0.4 is 4.72 Å². The molecule has 2 atom stereocenters. The fourth-order valence-corrected chi connectivity index (χ4v) is 2.26. The van der Waals surface area contributed by atoms with Gasteiger partial charge >= 0.3 is 0 Å². The van der Waals surface area contributed by atoms with Crippen LogP contribution in [0.25, 0.3) is 5.65 Å². The summed E-state index contributed by atoms with van der Waals surface area (Å²) in [6.07, 6.45) is 0. The van der Waals surface area contributed by atoms with Crippen LogP contribution in [0.15, 0.2) is 0 Å². The smallest absolute Gasteiger partial charge is 0.234 e. The summed E-state index contributed by atoms with van der Waals surface area (Å²) >= 11 is 4.58. The van der Waals surface area contributed by atoms with Crippen molar-refractivity contribution in [2.24, 2.45) is 0 Å². The van der Waals surface area contributed by atoms with E-state index in [2.05, 4.69) is 24.2 Å². The molecule has 2 aromatic rings. The molecular weight excluding hydrogens is 278 g/mol. The fourth-order valence-electron chi connectivity index (χ4n) is 1.60. The van der Waals surface area contributed by atoms with E-state index in [0.717, 1.165) is 11.5 Å². The molecule has 0 aliphatic heterocycles. The second-order valence-corrected chi connectivity index (χ2v) is 5.39. The fraction of sp³-hybridized carbons (Fsp3) is 0.556. The molecule has 0 aromatic carbocycles. The topological polar surface area (TPSA) is 84.3 Å². The van der Waals surface area contributed by atoms with Crippen molar-refractivity contribution in [2.45, 2.75) is 19.8 Å². The van der Waals surface area contributed by atoms with E-state index in [4.69, 9.17) is 11.6 Å². The summed E-state index contributed by atoms with van der Waals surface area (Å²) in [5, 5.41) is 11.7. The number of aromatic amines is 1. The first-order chi connectivity index (χ1) is 8.54. The second kappa shape index (κ2) is 5.35. The summed E-state index contributed by atoms with van der Waals surface area (Å²) in [4.78, 5) is 0. The lowest BCUT2D eigenvalue weighted by atomic mass is 10.2. The van der Waals surface area contributed by atoms with Crippen LogP contribution in [0.2, 0.25) is 5.02 Å². The van der Waals surface area contributed by atoms with E-state index in [-0.39, 0.29) is 5.92 Å². The van der Waals surface area contributed by atoms with Crippen molar-refractivity contribution in [1.82, 2.24) is 24.5 Å². The zero-order chi connectivity index (χ0) is 13.3. The number of fused-ring (bicyclic) bond motifs is 1. The van der Waals surface area contributed by atoms with Crippen molar-refractivity contribution in [2.75, 3.05) is 13.7 Å². The third-order valence-electron chi connectivity index (χ3n) is 2.59. The maximum atomic E-state index is 11.1. The summed E-state index contributed by atoms with van der Waals surface area (Å²) in [5.74, 6) is 0.730. The molecule has 2 N–H and O–H groups in total. The van der Waals surface area contributed by atoms with E-state index in [1.165, 1.54) is 7.11 Å². The molecule has 0 fully saturated rings. The minimum atomic E-state index is -1.49. The van der Waals surface area contributed by atoms with Gasteiger partial charge in [0.05, 0.1) is 12.8 Å². The average Bonchev–Trinajstić information content (AvgIpc) is 2.88. The highest BCUT2D eigenvalue weighted by Crippen LogP contribution is 2.22. The Kier molecular flexibility index (Phi) is 4.00. The molecule has 0 spiro atoms. The van der Waals surface area contributed by atoms with Gasteiger partial charge in [0.15, 0.2) is 11.5 Å². The standard InChI is InChI=1S/C9H14ClN5O2S/c1-5(4-11-18(16)17-3)8-12-13-9-7(10)6(2)14-15(8)9/h5,11,14H,4H2,1-3H3. The number of aromatic nitrogens is 4. The number of hydrogen-bond acceptors (Lipinski definition) is 4. The molecule has 0 radical (unpaired) electrons. The van der Waals surface area contributed by atoms with Gasteiger partial charge in [-0.3, -0.25) is 9.28 Å². The molecule has 18 heavy (non-hydrogen) atoms. The lowest BCUT2D eigenvalue weighted by Gasteiger charge is -2.08. The number of nitrogens with one attached hydrogen (secondary N) is 2. The van der Waals surface area contributed by atoms with Crippen LogP contribution in [-0.4, -0.2) is 37.7 Å². The van der Waals surface area contributed by atoms with Crippen LogP contribution >= 0.6 is 11.6 Å². The van der Waals surface area contributed by atoms with Gasteiger partial charge in [-0.1, -0.05) is 18.5 Å². The van der Waals surface area contributed by atoms with Crippen LogP contribution in [0.4, 0.5) is 0 Å². The lowest BCUT2D eigenvalue weighted by molar-refractivity contribution is 0.434. The summed E-state index contributed by atoms with van der Waals surface area (Å²) in [5.41, 5.74) is 1.44. The summed E-state index contributed by atoms with van der Waals surface area (Å²) in [7, 11) is 1.37. The molecule has 2 rings (SSSR count). The molecule has 0 amide bonds. The van der Waals surface area contributed by atoms with Gasteiger partial charge in [0, 0.05) is 12.5 Å². The Morgan fingerprint density at radius 3 is 3.00 bits per heavy atom. The van der Waals surface area contributed by atoms with Crippen molar-refractivity contribution in [3.05, 3.63) is 16.5 Å². The minimum Gasteiger partial charge on any atom is -0.294 e. The predicted molar refractivity (Wildman–Crippen MR) is 68.7 cm³/mol. The average molecular weight is 292 g/mol. The van der Waals surface area contributed by atoms with Crippen LogP contribution in [0, 0.1) is 6.92 Å². The maximum absolute atomic E-state index is 11.1. The Hall–Kier alpha value is -0.960. The molecular formula is C9H14ClN5O2S. The third kappa shape index (κ3) is 2.41. The molecule has 0 saturated heterocycles. The SMILES string of the molecule is COS(=O)NCC(C)c1nnc2c(Cl)c(C)[nH]n12. The number of nitrogens with zero attached hydrogens (tertiary/aromatic N) is 3. The van der Waals surface area contributed by atoms with E-state index < -0.39 is 11.3 Å². The molecule has 0 saturated carbocycles. The van der Waals surface area contributed by atoms with Crippen molar-refractivity contribution in [1.29, 1.82) is 0 Å². The van der Waals surface area contributed by atoms with Gasteiger partial charge in [0.1, 0.15) is 5.02 Å². The van der Waals surface area contributed by atoms with Gasteiger partial charge < -0.3 is 0 Å². The van der Waals surface area contributed by atoms with E-state index in [1.807, 2.05) is 13.8 Å². The number of aryl methyl sites for hydroxylation is 1. The normalized spacial score (nSPS) is 15.1. The summed E-state index contributed by atoms with van der Waals surface area (Å²) in [6.45, 7) is 4.26. The molecule has 2 aromatic heterocycles. The van der Waals surface area contributed by atoms with Gasteiger partial charge in [-0.2, -0.15) is 0 Å². The lowest BCUT2D eigenvalue weighted by Crippen LogP contribution is -2.24. The molecule has 0 aliphatic rings. The van der Waals surface area contributed by atoms with Crippen LogP contribution in [0.5, 0.6) is 0 Å². The van der Waals surface area contributed by atoms with Gasteiger partial charge in [-0.05, 0) is 6.92 Å². The van der Waals surface area contributed by atoms with Crippen molar-refractivity contribution in [3.63, 3.8) is 0 Å². The summed E-state index contributed by atoms with van der Waals surface area (Å²) in [6, 6.07) is 0. The van der Waals surface area contributed by atoms with E-state index >= 15 is 0 Å². The molecule has 0 bridgehead atoms. The van der Waals surface area contributed by atoms with E-state index in [0.29, 0.717) is 17.2 Å². The van der Waals surface area contributed by atoms with Gasteiger partial charge in [-0.15, -0.1) is 10.2 Å². The predicted octanol–water partition coefficient (Wildman–Crippen LogP) is 0.937. The quantitative estimate of drug-likeness (QED) is 0.858. The highest BCUT2D eigenvalue weighted by atomic mass is 35.5. The first kappa shape index (κ1) is 13.5. The molecule has 2 unspecified atom stereocenters. The highest BCUT2D eigenvalue weighted by molar-refractivity contribution is 7.78. The van der Waals surface area contributed by atoms with Crippen LogP contribution in [-0.2, 0) is 15.4 Å². The number of H-pyrrole nitrogens is 1. The monoisotopic (exact) mass is 291 g/mol. The van der Waals surface area contributed by atoms with Crippen molar-refractivity contribution < 1.29 is 8.39 Å². The van der Waals surface area contributed by atoms with E-state index in [9.17, 15) is 4.21 Å². The Bertz CT molecular complexity index is 581. The first-order valence-corrected chi connectivity index (χ1v) is 6.78. The molecule has 9 heteroatoms. The Labute approximate surface area is 112 Å². The number of rotatable bonds is 5. The number of halogens is 1. The van der Waals surface area contributed by atoms with Crippen molar-refractivity contribution in [3.8, 4) is 0 Å². The number of hydrogen-bond donors (Lipinski definition) is 2. The third-order valence-corrected chi connectivity index (χ3v) is 3.75. The molecule has 7 nitrogen and oxygen atoms in total. The van der Waals surface area contributed by atoms with Crippen LogP contribution in [0.3, 0.4) is 0 Å². The Balaban J connectivity index is 2.20. The zero-order valence-corrected chi connectivity index (χ0v) is 11.8. The molecule has 2 heterocycles. The Morgan fingerprint density at radius 2 is 2.33 bits per heavy atom. The first-order valence-electron chi connectivity index (χ1n) is 5.33. The van der Waals surface area contributed by atoms with Gasteiger partial charge in [-0.25, -0.2) is 13.4 Å². The highest BCUT2D eigenvalue weighted by Gasteiger charge is 2.18.